The molecule has 0 atom stereocenters. The Morgan fingerprint density at radius 2 is 1.95 bits per heavy atom. The molecule has 0 heterocycles. The molecule has 104 valence electrons. The Kier molecular flexibility index (Phi) is 4.57. The highest BCUT2D eigenvalue weighted by Crippen LogP contribution is 2.25. The molecule has 0 aliphatic rings. The number of ether oxygens (including phenoxy) is 1. The van der Waals surface area contributed by atoms with Gasteiger partial charge in [0, 0.05) is 34.9 Å². The van der Waals surface area contributed by atoms with E-state index in [4.69, 9.17) is 4.74 Å². The van der Waals surface area contributed by atoms with Crippen LogP contribution in [0.1, 0.15) is 5.56 Å². The molecule has 5 nitrogen and oxygen atoms in total. The highest BCUT2D eigenvalue weighted by Gasteiger charge is 2.04. The van der Waals surface area contributed by atoms with Crippen LogP contribution in [0.4, 0.5) is 11.4 Å². The third-order valence-electron chi connectivity index (χ3n) is 2.75. The van der Waals surface area contributed by atoms with Gasteiger partial charge in [0.1, 0.15) is 5.75 Å². The van der Waals surface area contributed by atoms with E-state index in [0.717, 1.165) is 21.5 Å². The first kappa shape index (κ1) is 14.3. The number of nitro groups is 1. The van der Waals surface area contributed by atoms with Crippen LogP contribution >= 0.6 is 15.9 Å². The van der Waals surface area contributed by atoms with Crippen LogP contribution in [0, 0.1) is 10.1 Å². The first-order valence-electron chi connectivity index (χ1n) is 5.90. The molecule has 2 rings (SSSR count). The average molecular weight is 337 g/mol. The number of nitro benzene ring substituents is 1. The first-order valence-corrected chi connectivity index (χ1v) is 6.69. The zero-order valence-electron chi connectivity index (χ0n) is 10.8. The molecule has 2 aromatic carbocycles. The molecule has 0 aliphatic carbocycles. The highest BCUT2D eigenvalue weighted by molar-refractivity contribution is 9.10. The summed E-state index contributed by atoms with van der Waals surface area (Å²) in [7, 11) is 1.61. The highest BCUT2D eigenvalue weighted by atomic mass is 79.9. The SMILES string of the molecule is COc1cc(Br)cc(NCc2ccc([N+](=O)[O-])cc2)c1. The Labute approximate surface area is 124 Å². The standard InChI is InChI=1S/C14H13BrN2O3/c1-20-14-7-11(15)6-12(8-14)16-9-10-2-4-13(5-3-10)17(18)19/h2-8,16H,9H2,1H3. The maximum atomic E-state index is 10.6. The largest absolute Gasteiger partial charge is 0.497 e. The topological polar surface area (TPSA) is 64.4 Å². The third kappa shape index (κ3) is 3.71. The number of nitrogens with one attached hydrogen (secondary N) is 1. The van der Waals surface area contributed by atoms with Crippen molar-refractivity contribution in [2.24, 2.45) is 0 Å². The number of hydrogen-bond acceptors (Lipinski definition) is 4. The van der Waals surface area contributed by atoms with E-state index in [9.17, 15) is 10.1 Å². The van der Waals surface area contributed by atoms with Crippen molar-refractivity contribution in [2.75, 3.05) is 12.4 Å². The smallest absolute Gasteiger partial charge is 0.269 e. The van der Waals surface area contributed by atoms with Gasteiger partial charge in [0.2, 0.25) is 0 Å². The maximum Gasteiger partial charge on any atom is 0.269 e. The van der Waals surface area contributed by atoms with Crippen molar-refractivity contribution >= 4 is 27.3 Å². The molecule has 2 aromatic rings. The van der Waals surface area contributed by atoms with Gasteiger partial charge in [-0.15, -0.1) is 0 Å². The van der Waals surface area contributed by atoms with Crippen molar-refractivity contribution in [2.45, 2.75) is 6.54 Å². The Balaban J connectivity index is 2.04. The normalized spacial score (nSPS) is 10.1. The second kappa shape index (κ2) is 6.38. The minimum atomic E-state index is -0.406. The van der Waals surface area contributed by atoms with Crippen molar-refractivity contribution in [1.82, 2.24) is 0 Å². The van der Waals surface area contributed by atoms with E-state index in [-0.39, 0.29) is 5.69 Å². The zero-order valence-corrected chi connectivity index (χ0v) is 12.4. The summed E-state index contributed by atoms with van der Waals surface area (Å²) in [5.41, 5.74) is 1.97. The fraction of sp³-hybridized carbons (Fsp3) is 0.143. The summed E-state index contributed by atoms with van der Waals surface area (Å²) in [6, 6.07) is 12.2. The van der Waals surface area contributed by atoms with Gasteiger partial charge in [-0.05, 0) is 17.7 Å². The lowest BCUT2D eigenvalue weighted by molar-refractivity contribution is -0.384. The molecule has 0 saturated carbocycles. The summed E-state index contributed by atoms with van der Waals surface area (Å²) in [6.45, 7) is 0.581. The van der Waals surface area contributed by atoms with Crippen molar-refractivity contribution < 1.29 is 9.66 Å². The predicted octanol–water partition coefficient (Wildman–Crippen LogP) is 3.98. The van der Waals surface area contributed by atoms with E-state index in [1.807, 2.05) is 18.2 Å². The van der Waals surface area contributed by atoms with Crippen LogP contribution in [0.3, 0.4) is 0 Å². The number of anilines is 1. The van der Waals surface area contributed by atoms with Crippen LogP contribution in [0.2, 0.25) is 0 Å². The molecule has 0 unspecified atom stereocenters. The molecular formula is C14H13BrN2O3. The van der Waals surface area contributed by atoms with Gasteiger partial charge in [-0.2, -0.15) is 0 Å². The van der Waals surface area contributed by atoms with E-state index >= 15 is 0 Å². The van der Waals surface area contributed by atoms with Crippen molar-refractivity contribution in [3.05, 3.63) is 62.6 Å². The number of nitrogens with zero attached hydrogens (tertiary/aromatic N) is 1. The lowest BCUT2D eigenvalue weighted by Gasteiger charge is -2.09. The van der Waals surface area contributed by atoms with Gasteiger partial charge in [-0.1, -0.05) is 28.1 Å². The molecule has 20 heavy (non-hydrogen) atoms. The summed E-state index contributed by atoms with van der Waals surface area (Å²) in [5.74, 6) is 0.755. The minimum absolute atomic E-state index is 0.0953. The van der Waals surface area contributed by atoms with Gasteiger partial charge in [0.15, 0.2) is 0 Å². The first-order chi connectivity index (χ1) is 9.58. The van der Waals surface area contributed by atoms with Gasteiger partial charge < -0.3 is 10.1 Å². The molecule has 0 aromatic heterocycles. The van der Waals surface area contributed by atoms with Crippen molar-refractivity contribution in [1.29, 1.82) is 0 Å². The predicted molar refractivity (Wildman–Crippen MR) is 81.1 cm³/mol. The third-order valence-corrected chi connectivity index (χ3v) is 3.21. The summed E-state index contributed by atoms with van der Waals surface area (Å²) < 4.78 is 6.10. The molecule has 0 aliphatic heterocycles. The van der Waals surface area contributed by atoms with Crippen LogP contribution < -0.4 is 10.1 Å². The Bertz CT molecular complexity index is 614. The number of hydrogen-bond donors (Lipinski definition) is 1. The number of benzene rings is 2. The monoisotopic (exact) mass is 336 g/mol. The molecule has 0 bridgehead atoms. The molecule has 1 N–H and O–H groups in total. The van der Waals surface area contributed by atoms with Crippen molar-refractivity contribution in [3.8, 4) is 5.75 Å². The van der Waals surface area contributed by atoms with E-state index in [2.05, 4.69) is 21.2 Å². The van der Waals surface area contributed by atoms with Gasteiger partial charge >= 0.3 is 0 Å². The molecular weight excluding hydrogens is 324 g/mol. The minimum Gasteiger partial charge on any atom is -0.497 e. The fourth-order valence-electron chi connectivity index (χ4n) is 1.72. The summed E-state index contributed by atoms with van der Waals surface area (Å²) in [4.78, 5) is 10.2. The van der Waals surface area contributed by atoms with E-state index < -0.39 is 4.92 Å². The van der Waals surface area contributed by atoms with Crippen molar-refractivity contribution in [3.63, 3.8) is 0 Å². The Morgan fingerprint density at radius 1 is 1.25 bits per heavy atom. The van der Waals surface area contributed by atoms with Crippen LogP contribution in [0.5, 0.6) is 5.75 Å². The Morgan fingerprint density at radius 3 is 2.55 bits per heavy atom. The molecule has 0 radical (unpaired) electrons. The molecule has 0 saturated heterocycles. The van der Waals surface area contributed by atoms with Gasteiger partial charge in [-0.25, -0.2) is 0 Å². The van der Waals surface area contributed by atoms with Gasteiger partial charge in [-0.3, -0.25) is 10.1 Å². The van der Waals surface area contributed by atoms with Crippen LogP contribution in [-0.2, 0) is 6.54 Å². The summed E-state index contributed by atoms with van der Waals surface area (Å²) in [6.07, 6.45) is 0. The lowest BCUT2D eigenvalue weighted by Crippen LogP contribution is -2.00. The van der Waals surface area contributed by atoms with Gasteiger partial charge in [0.05, 0.1) is 12.0 Å². The summed E-state index contributed by atoms with van der Waals surface area (Å²) >= 11 is 3.41. The number of rotatable bonds is 5. The van der Waals surface area contributed by atoms with E-state index in [1.165, 1.54) is 12.1 Å². The molecule has 0 fully saturated rings. The number of halogens is 1. The average Bonchev–Trinajstić information content (AvgIpc) is 2.45. The van der Waals surface area contributed by atoms with Crippen LogP contribution in [-0.4, -0.2) is 12.0 Å². The molecule has 0 spiro atoms. The van der Waals surface area contributed by atoms with E-state index in [0.29, 0.717) is 6.54 Å². The number of non-ortho nitro benzene ring substituents is 1. The fourth-order valence-corrected chi connectivity index (χ4v) is 2.19. The maximum absolute atomic E-state index is 10.6. The lowest BCUT2D eigenvalue weighted by atomic mass is 10.2. The van der Waals surface area contributed by atoms with E-state index in [1.54, 1.807) is 19.2 Å². The van der Waals surface area contributed by atoms with Gasteiger partial charge in [0.25, 0.3) is 5.69 Å². The quantitative estimate of drug-likeness (QED) is 0.662. The zero-order chi connectivity index (χ0) is 14.5. The number of methoxy groups -OCH3 is 1. The van der Waals surface area contributed by atoms with Crippen LogP contribution in [0.25, 0.3) is 0 Å². The summed E-state index contributed by atoms with van der Waals surface area (Å²) in [5, 5.41) is 13.8. The Hall–Kier alpha value is -2.08. The van der Waals surface area contributed by atoms with Crippen LogP contribution in [0.15, 0.2) is 46.9 Å². The second-order valence-corrected chi connectivity index (χ2v) is 5.07. The molecule has 6 heteroatoms. The second-order valence-electron chi connectivity index (χ2n) is 4.16. The molecule has 0 amide bonds.